The van der Waals surface area contributed by atoms with Gasteiger partial charge in [-0.05, 0) is 30.0 Å². The maximum absolute atomic E-state index is 10.1. The molecule has 0 spiro atoms. The van der Waals surface area contributed by atoms with Crippen LogP contribution in [0.25, 0.3) is 0 Å². The zero-order valence-electron chi connectivity index (χ0n) is 10.3. The van der Waals surface area contributed by atoms with E-state index in [0.717, 1.165) is 30.9 Å². The number of nitrogens with two attached hydrogens (primary N) is 1. The molecule has 0 aromatic carbocycles. The molecule has 0 saturated carbocycles. The Morgan fingerprint density at radius 2 is 2.50 bits per heavy atom. The molecule has 6 heteroatoms. The van der Waals surface area contributed by atoms with Gasteiger partial charge in [-0.3, -0.25) is 4.99 Å². The monoisotopic (exact) mass is 285 g/mol. The highest BCUT2D eigenvalue weighted by molar-refractivity contribution is 7.99. The number of aliphatic imine (C=N–C) groups is 1. The number of thioether (sulfide) groups is 1. The van der Waals surface area contributed by atoms with Gasteiger partial charge in [-0.2, -0.15) is 11.8 Å². The molecular formula is C12H19N3OS2. The van der Waals surface area contributed by atoms with E-state index in [1.165, 1.54) is 4.88 Å². The Kier molecular flexibility index (Phi) is 4.91. The van der Waals surface area contributed by atoms with Gasteiger partial charge in [0, 0.05) is 17.2 Å². The van der Waals surface area contributed by atoms with E-state index >= 15 is 0 Å². The molecular weight excluding hydrogens is 266 g/mol. The van der Waals surface area contributed by atoms with E-state index in [2.05, 4.69) is 21.8 Å². The summed E-state index contributed by atoms with van der Waals surface area (Å²) in [6.45, 7) is 1.18. The zero-order valence-corrected chi connectivity index (χ0v) is 11.9. The van der Waals surface area contributed by atoms with Gasteiger partial charge in [-0.25, -0.2) is 0 Å². The molecule has 4 nitrogen and oxygen atoms in total. The Hall–Kier alpha value is -0.720. The second-order valence-corrected chi connectivity index (χ2v) is 6.62. The zero-order chi connectivity index (χ0) is 12.8. The summed E-state index contributed by atoms with van der Waals surface area (Å²) < 4.78 is 0. The largest absolute Gasteiger partial charge is 0.387 e. The number of hydrogen-bond acceptors (Lipinski definition) is 4. The number of thiophene rings is 1. The fraction of sp³-hybridized carbons (Fsp3) is 0.583. The van der Waals surface area contributed by atoms with Crippen molar-refractivity contribution in [2.24, 2.45) is 10.7 Å². The summed E-state index contributed by atoms with van der Waals surface area (Å²) >= 11 is 3.51. The molecule has 1 aliphatic heterocycles. The fourth-order valence-corrected chi connectivity index (χ4v) is 3.77. The van der Waals surface area contributed by atoms with E-state index in [-0.39, 0.29) is 0 Å². The van der Waals surface area contributed by atoms with Gasteiger partial charge in [0.1, 0.15) is 0 Å². The minimum absolute atomic E-state index is 0.401. The van der Waals surface area contributed by atoms with Gasteiger partial charge >= 0.3 is 0 Å². The molecule has 1 fully saturated rings. The second-order valence-electron chi connectivity index (χ2n) is 4.48. The highest BCUT2D eigenvalue weighted by atomic mass is 32.2. The quantitative estimate of drug-likeness (QED) is 0.559. The van der Waals surface area contributed by atoms with Crippen molar-refractivity contribution < 1.29 is 5.11 Å². The van der Waals surface area contributed by atoms with Gasteiger partial charge in [-0.15, -0.1) is 11.3 Å². The van der Waals surface area contributed by atoms with E-state index in [0.29, 0.717) is 12.5 Å². The van der Waals surface area contributed by atoms with Crippen molar-refractivity contribution in [3.8, 4) is 0 Å². The Morgan fingerprint density at radius 3 is 3.17 bits per heavy atom. The number of guanidine groups is 1. The van der Waals surface area contributed by atoms with Gasteiger partial charge < -0.3 is 16.2 Å². The van der Waals surface area contributed by atoms with E-state index in [9.17, 15) is 5.11 Å². The minimum atomic E-state index is -0.648. The van der Waals surface area contributed by atoms with Crippen LogP contribution in [0.5, 0.6) is 0 Å². The molecule has 0 amide bonds. The fourth-order valence-electron chi connectivity index (χ4n) is 1.78. The van der Waals surface area contributed by atoms with E-state index in [4.69, 9.17) is 5.73 Å². The summed E-state index contributed by atoms with van der Waals surface area (Å²) in [7, 11) is 0. The smallest absolute Gasteiger partial charge is 0.188 e. The van der Waals surface area contributed by atoms with Crippen LogP contribution in [0.1, 0.15) is 11.3 Å². The van der Waals surface area contributed by atoms with E-state index in [1.54, 1.807) is 23.1 Å². The van der Waals surface area contributed by atoms with Crippen LogP contribution in [0.2, 0.25) is 0 Å². The standard InChI is InChI=1S/C12H19N3OS2/c13-11(14-5-3-10-2-1-6-18-10)15-8-12(16)4-7-17-9-12/h1-2,6,16H,3-5,7-9H2,(H3,13,14,15). The number of nitrogens with one attached hydrogen (secondary N) is 1. The van der Waals surface area contributed by atoms with Crippen LogP contribution in [-0.2, 0) is 6.42 Å². The lowest BCUT2D eigenvalue weighted by Crippen LogP contribution is -2.37. The van der Waals surface area contributed by atoms with Crippen LogP contribution in [-0.4, -0.2) is 41.3 Å². The van der Waals surface area contributed by atoms with Crippen LogP contribution >= 0.6 is 23.1 Å². The average Bonchev–Trinajstić information content (AvgIpc) is 2.99. The van der Waals surface area contributed by atoms with Gasteiger partial charge in [0.2, 0.25) is 0 Å². The maximum atomic E-state index is 10.1. The first-order valence-electron chi connectivity index (χ1n) is 6.04. The van der Waals surface area contributed by atoms with Crippen molar-refractivity contribution in [3.63, 3.8) is 0 Å². The highest BCUT2D eigenvalue weighted by Gasteiger charge is 2.31. The first-order valence-corrected chi connectivity index (χ1v) is 8.08. The predicted octanol–water partition coefficient (Wildman–Crippen LogP) is 1.06. The molecule has 2 rings (SSSR count). The van der Waals surface area contributed by atoms with E-state index in [1.807, 2.05) is 6.07 Å². The van der Waals surface area contributed by atoms with Gasteiger partial charge in [0.25, 0.3) is 0 Å². The summed E-state index contributed by atoms with van der Waals surface area (Å²) in [5.41, 5.74) is 5.13. The van der Waals surface area contributed by atoms with Gasteiger partial charge in [-0.1, -0.05) is 6.07 Å². The lowest BCUT2D eigenvalue weighted by Gasteiger charge is -2.18. The number of aliphatic hydroxyl groups is 1. The molecule has 100 valence electrons. The third-order valence-electron chi connectivity index (χ3n) is 2.88. The van der Waals surface area contributed by atoms with Crippen molar-refractivity contribution >= 4 is 29.1 Å². The maximum Gasteiger partial charge on any atom is 0.188 e. The second kappa shape index (κ2) is 6.45. The summed E-state index contributed by atoms with van der Waals surface area (Å²) in [4.78, 5) is 5.55. The Labute approximate surface area is 116 Å². The van der Waals surface area contributed by atoms with Crippen molar-refractivity contribution in [1.82, 2.24) is 5.32 Å². The van der Waals surface area contributed by atoms with Crippen molar-refractivity contribution in [2.75, 3.05) is 24.6 Å². The first kappa shape index (κ1) is 13.7. The summed E-state index contributed by atoms with van der Waals surface area (Å²) in [6, 6.07) is 4.16. The molecule has 1 saturated heterocycles. The molecule has 1 atom stereocenters. The number of nitrogens with zero attached hydrogens (tertiary/aromatic N) is 1. The average molecular weight is 285 g/mol. The predicted molar refractivity (Wildman–Crippen MR) is 79.4 cm³/mol. The van der Waals surface area contributed by atoms with Gasteiger partial charge in [0.05, 0.1) is 12.1 Å². The SMILES string of the molecule is NC(=NCC1(O)CCSC1)NCCc1cccs1. The molecule has 0 aliphatic carbocycles. The topological polar surface area (TPSA) is 70.6 Å². The lowest BCUT2D eigenvalue weighted by atomic mass is 10.1. The lowest BCUT2D eigenvalue weighted by molar-refractivity contribution is 0.0779. The molecule has 2 heterocycles. The number of rotatable bonds is 5. The Bertz CT molecular complexity index is 386. The minimum Gasteiger partial charge on any atom is -0.387 e. The Balaban J connectivity index is 1.69. The van der Waals surface area contributed by atoms with Crippen LogP contribution in [0.4, 0.5) is 0 Å². The van der Waals surface area contributed by atoms with Crippen molar-refractivity contribution in [2.45, 2.75) is 18.4 Å². The third kappa shape index (κ3) is 4.19. The van der Waals surface area contributed by atoms with Crippen LogP contribution in [0.3, 0.4) is 0 Å². The van der Waals surface area contributed by atoms with E-state index < -0.39 is 5.60 Å². The Morgan fingerprint density at radius 1 is 1.61 bits per heavy atom. The molecule has 1 aliphatic rings. The molecule has 4 N–H and O–H groups in total. The van der Waals surface area contributed by atoms with Crippen molar-refractivity contribution in [3.05, 3.63) is 22.4 Å². The molecule has 18 heavy (non-hydrogen) atoms. The summed E-state index contributed by atoms with van der Waals surface area (Å²) in [6.07, 6.45) is 1.76. The molecule has 1 aromatic rings. The molecule has 1 aromatic heterocycles. The van der Waals surface area contributed by atoms with Crippen LogP contribution in [0, 0.1) is 0 Å². The highest BCUT2D eigenvalue weighted by Crippen LogP contribution is 2.27. The normalized spacial score (nSPS) is 24.4. The summed E-state index contributed by atoms with van der Waals surface area (Å²) in [5.74, 6) is 2.20. The molecule has 1 unspecified atom stereocenters. The number of hydrogen-bond donors (Lipinski definition) is 3. The van der Waals surface area contributed by atoms with Gasteiger partial charge in [0.15, 0.2) is 5.96 Å². The molecule has 0 bridgehead atoms. The third-order valence-corrected chi connectivity index (χ3v) is 5.05. The summed E-state index contributed by atoms with van der Waals surface area (Å²) in [5, 5.41) is 15.3. The van der Waals surface area contributed by atoms with Crippen LogP contribution in [0.15, 0.2) is 22.5 Å². The molecule has 0 radical (unpaired) electrons. The van der Waals surface area contributed by atoms with Crippen molar-refractivity contribution in [1.29, 1.82) is 0 Å². The first-order chi connectivity index (χ1) is 8.68. The van der Waals surface area contributed by atoms with Crippen LogP contribution < -0.4 is 11.1 Å².